The molecular weight excluding hydrogens is 1180 g/mol. The highest BCUT2D eigenvalue weighted by Gasteiger charge is 2.22. The van der Waals surface area contributed by atoms with Gasteiger partial charge in [-0.05, 0) is 51.4 Å². The summed E-state index contributed by atoms with van der Waals surface area (Å²) in [5, 5.41) is 0. The summed E-state index contributed by atoms with van der Waals surface area (Å²) >= 11 is 0. The Morgan fingerprint density at radius 1 is 0.340 bits per heavy atom. The van der Waals surface area contributed by atoms with Gasteiger partial charge in [-0.15, -0.1) is 0 Å². The number of carbonyl (C=O) groups excluding carboxylic acids is 2. The number of phosphoric ester groups is 1. The highest BCUT2D eigenvalue weighted by molar-refractivity contribution is 7.45. The lowest BCUT2D eigenvalue weighted by Gasteiger charge is -2.28. The average Bonchev–Trinajstić information content (AvgIpc) is 1.65. The molecule has 0 radical (unpaired) electrons. The van der Waals surface area contributed by atoms with Crippen molar-refractivity contribution in [2.75, 3.05) is 47.5 Å². The quantitative estimate of drug-likeness (QED) is 0.0195. The van der Waals surface area contributed by atoms with E-state index in [0.29, 0.717) is 17.4 Å². The second kappa shape index (κ2) is 75.2. The van der Waals surface area contributed by atoms with Crippen molar-refractivity contribution in [3.8, 4) is 0 Å². The van der Waals surface area contributed by atoms with Crippen LogP contribution in [0.4, 0.5) is 0 Å². The van der Waals surface area contributed by atoms with Crippen LogP contribution >= 0.6 is 7.82 Å². The van der Waals surface area contributed by atoms with E-state index in [1.54, 1.807) is 0 Å². The van der Waals surface area contributed by atoms with E-state index in [-0.39, 0.29) is 32.0 Å². The zero-order valence-corrected chi connectivity index (χ0v) is 64.3. The van der Waals surface area contributed by atoms with Gasteiger partial charge in [0.05, 0.1) is 27.7 Å². The number of ether oxygens (including phenoxy) is 2. The molecule has 0 spiro atoms. The summed E-state index contributed by atoms with van der Waals surface area (Å²) in [7, 11) is 1.19. The van der Waals surface area contributed by atoms with Crippen molar-refractivity contribution < 1.29 is 42.1 Å². The standard InChI is InChI=1S/C84H160NO8P/c1-6-8-10-12-14-16-18-20-22-24-26-28-30-32-34-36-37-38-39-40-41-42-43-44-45-46-47-49-50-52-54-56-58-60-62-64-66-68-70-72-74-76-83(86)90-80-82(81-92-94(88,89)91-79-78-85(3,4)5)93-84(87)77-75-73-71-69-67-65-63-61-59-57-55-53-51-48-35-33-31-29-27-25-23-21-19-17-15-13-11-9-7-2/h9,11,15,17,21,23,27,29,82H,6-8,10,12-14,16,18-20,22,24-26,28,30-81H2,1-5H3/b11-9-,17-15-,23-21-,29-27-. The zero-order chi connectivity index (χ0) is 68.3. The number of allylic oxidation sites excluding steroid dienone is 8. The predicted molar refractivity (Wildman–Crippen MR) is 407 cm³/mol. The fourth-order valence-corrected chi connectivity index (χ4v) is 13.3. The van der Waals surface area contributed by atoms with Gasteiger partial charge < -0.3 is 27.9 Å². The van der Waals surface area contributed by atoms with Crippen LogP contribution in [0.1, 0.15) is 425 Å². The van der Waals surface area contributed by atoms with E-state index >= 15 is 0 Å². The molecular formula is C84H160NO8P. The molecule has 0 aromatic rings. The Hall–Kier alpha value is -2.03. The maximum absolute atomic E-state index is 12.9. The summed E-state index contributed by atoms with van der Waals surface area (Å²) in [6.45, 7) is 4.21. The molecule has 0 heterocycles. The fraction of sp³-hybridized carbons (Fsp3) is 0.881. The van der Waals surface area contributed by atoms with E-state index < -0.39 is 26.5 Å². The van der Waals surface area contributed by atoms with Gasteiger partial charge in [-0.25, -0.2) is 0 Å². The van der Waals surface area contributed by atoms with E-state index in [4.69, 9.17) is 18.5 Å². The molecule has 0 fully saturated rings. The second-order valence-electron chi connectivity index (χ2n) is 29.5. The molecule has 0 aliphatic rings. The zero-order valence-electron chi connectivity index (χ0n) is 63.4. The first kappa shape index (κ1) is 92.0. The average molecular weight is 1340 g/mol. The van der Waals surface area contributed by atoms with Crippen LogP contribution < -0.4 is 4.89 Å². The smallest absolute Gasteiger partial charge is 0.306 e. The van der Waals surface area contributed by atoms with Gasteiger partial charge in [-0.3, -0.25) is 14.2 Å². The first-order valence-corrected chi connectivity index (χ1v) is 42.8. The molecule has 94 heavy (non-hydrogen) atoms. The van der Waals surface area contributed by atoms with Crippen molar-refractivity contribution in [3.63, 3.8) is 0 Å². The molecule has 0 saturated heterocycles. The van der Waals surface area contributed by atoms with Crippen molar-refractivity contribution in [3.05, 3.63) is 48.6 Å². The van der Waals surface area contributed by atoms with Gasteiger partial charge in [0.1, 0.15) is 19.8 Å². The van der Waals surface area contributed by atoms with E-state index in [0.717, 1.165) is 64.2 Å². The highest BCUT2D eigenvalue weighted by atomic mass is 31.2. The molecule has 0 aliphatic carbocycles. The first-order valence-electron chi connectivity index (χ1n) is 41.3. The molecule has 0 aromatic carbocycles. The lowest BCUT2D eigenvalue weighted by molar-refractivity contribution is -0.870. The molecule has 0 aliphatic heterocycles. The molecule has 2 atom stereocenters. The summed E-state index contributed by atoms with van der Waals surface area (Å²) in [6, 6.07) is 0. The molecule has 0 amide bonds. The Bertz CT molecular complexity index is 1720. The van der Waals surface area contributed by atoms with Gasteiger partial charge in [0.15, 0.2) is 6.10 Å². The predicted octanol–water partition coefficient (Wildman–Crippen LogP) is 26.9. The Kier molecular flexibility index (Phi) is 73.6. The number of unbranched alkanes of at least 4 members (excludes halogenated alkanes) is 56. The van der Waals surface area contributed by atoms with Gasteiger partial charge in [-0.2, -0.15) is 0 Å². The van der Waals surface area contributed by atoms with Crippen molar-refractivity contribution in [2.24, 2.45) is 0 Å². The van der Waals surface area contributed by atoms with Crippen molar-refractivity contribution in [1.29, 1.82) is 0 Å². The summed E-state index contributed by atoms with van der Waals surface area (Å²) < 4.78 is 34.4. The van der Waals surface area contributed by atoms with Crippen molar-refractivity contribution in [1.82, 2.24) is 0 Å². The van der Waals surface area contributed by atoms with E-state index in [1.807, 2.05) is 21.1 Å². The molecule has 0 N–H and O–H groups in total. The number of quaternary nitrogens is 1. The van der Waals surface area contributed by atoms with Gasteiger partial charge >= 0.3 is 11.9 Å². The number of carbonyl (C=O) groups is 2. The summed E-state index contributed by atoms with van der Waals surface area (Å²) in [6.07, 6.45) is 99.8. The monoisotopic (exact) mass is 1340 g/mol. The largest absolute Gasteiger partial charge is 0.756 e. The normalized spacial score (nSPS) is 13.2. The molecule has 554 valence electrons. The second-order valence-corrected chi connectivity index (χ2v) is 30.9. The van der Waals surface area contributed by atoms with Gasteiger partial charge in [0, 0.05) is 12.8 Å². The van der Waals surface area contributed by atoms with Crippen LogP contribution in [0.15, 0.2) is 48.6 Å². The molecule has 0 saturated carbocycles. The summed E-state index contributed by atoms with van der Waals surface area (Å²) in [4.78, 5) is 38.2. The Balaban J connectivity index is 3.86. The van der Waals surface area contributed by atoms with E-state index in [2.05, 4.69) is 62.5 Å². The number of likely N-dealkylation sites (N-methyl/N-ethyl adjacent to an activating group) is 1. The number of hydrogen-bond donors (Lipinski definition) is 0. The molecule has 10 heteroatoms. The lowest BCUT2D eigenvalue weighted by Crippen LogP contribution is -2.37. The maximum Gasteiger partial charge on any atom is 0.306 e. The molecule has 0 aromatic heterocycles. The van der Waals surface area contributed by atoms with Crippen molar-refractivity contribution in [2.45, 2.75) is 431 Å². The van der Waals surface area contributed by atoms with Crippen LogP contribution in [0.2, 0.25) is 0 Å². The number of rotatable bonds is 78. The summed E-state index contributed by atoms with van der Waals surface area (Å²) in [5.74, 6) is -0.811. The Morgan fingerprint density at radius 3 is 0.904 bits per heavy atom. The Morgan fingerprint density at radius 2 is 0.606 bits per heavy atom. The summed E-state index contributed by atoms with van der Waals surface area (Å²) in [5.41, 5.74) is 0. The topological polar surface area (TPSA) is 111 Å². The minimum atomic E-state index is -4.64. The van der Waals surface area contributed by atoms with Gasteiger partial charge in [0.2, 0.25) is 0 Å². The number of esters is 2. The third-order valence-electron chi connectivity index (χ3n) is 18.9. The van der Waals surface area contributed by atoms with Crippen LogP contribution in [-0.2, 0) is 32.7 Å². The number of nitrogens with zero attached hydrogens (tertiary/aromatic N) is 1. The SMILES string of the molecule is CC/C=C\C/C=C\C/C=C\C/C=C\CCCCCCCCCCCCCCCCCCC(=O)OC(COC(=O)CCCCCCCCCCCCCCCCCCCCCCCCCCCCCCCCCCCCCCCCCCC)COP(=O)([O-])OCC[N+](C)(C)C. The minimum Gasteiger partial charge on any atom is -0.756 e. The van der Waals surface area contributed by atoms with Crippen LogP contribution in [0.3, 0.4) is 0 Å². The molecule has 9 nitrogen and oxygen atoms in total. The van der Waals surface area contributed by atoms with Gasteiger partial charge in [0.25, 0.3) is 7.82 Å². The fourth-order valence-electron chi connectivity index (χ4n) is 12.6. The Labute approximate surface area is 585 Å². The van der Waals surface area contributed by atoms with Crippen molar-refractivity contribution >= 4 is 19.8 Å². The molecule has 2 unspecified atom stereocenters. The third-order valence-corrected chi connectivity index (χ3v) is 19.8. The minimum absolute atomic E-state index is 0.0286. The first-order chi connectivity index (χ1) is 46.0. The van der Waals surface area contributed by atoms with E-state index in [9.17, 15) is 19.0 Å². The highest BCUT2D eigenvalue weighted by Crippen LogP contribution is 2.38. The lowest BCUT2D eigenvalue weighted by atomic mass is 10.0. The maximum atomic E-state index is 12.9. The van der Waals surface area contributed by atoms with E-state index in [1.165, 1.54) is 327 Å². The molecule has 0 rings (SSSR count). The third kappa shape index (κ3) is 79.0. The van der Waals surface area contributed by atoms with Crippen LogP contribution in [-0.4, -0.2) is 70.0 Å². The van der Waals surface area contributed by atoms with Crippen LogP contribution in [0.25, 0.3) is 0 Å². The van der Waals surface area contributed by atoms with Gasteiger partial charge in [-0.1, -0.05) is 409 Å². The number of phosphoric acid groups is 1. The molecule has 0 bridgehead atoms. The van der Waals surface area contributed by atoms with Crippen LogP contribution in [0.5, 0.6) is 0 Å². The van der Waals surface area contributed by atoms with Crippen LogP contribution in [0, 0.1) is 0 Å². The number of hydrogen-bond acceptors (Lipinski definition) is 8.